The van der Waals surface area contributed by atoms with Crippen molar-refractivity contribution >= 4 is 23.4 Å². The number of alkyl halides is 3. The Morgan fingerprint density at radius 1 is 1.14 bits per heavy atom. The van der Waals surface area contributed by atoms with E-state index in [1.165, 1.54) is 12.1 Å². The molecule has 156 valence electrons. The van der Waals surface area contributed by atoms with Crippen molar-refractivity contribution in [3.63, 3.8) is 0 Å². The van der Waals surface area contributed by atoms with Gasteiger partial charge >= 0.3 is 6.18 Å². The van der Waals surface area contributed by atoms with Crippen LogP contribution in [0.5, 0.6) is 5.75 Å². The number of carbonyl (C=O) groups excluding carboxylic acids is 1. The van der Waals surface area contributed by atoms with Crippen molar-refractivity contribution in [2.75, 3.05) is 29.6 Å². The maximum absolute atomic E-state index is 13.1. The van der Waals surface area contributed by atoms with Crippen molar-refractivity contribution in [3.8, 4) is 5.75 Å². The van der Waals surface area contributed by atoms with E-state index in [9.17, 15) is 23.1 Å². The zero-order chi connectivity index (χ0) is 20.4. The number of halogens is 3. The molecule has 0 unspecified atom stereocenters. The number of rotatable bonds is 6. The zero-order valence-electron chi connectivity index (χ0n) is 15.9. The predicted molar refractivity (Wildman–Crippen MR) is 104 cm³/mol. The summed E-state index contributed by atoms with van der Waals surface area (Å²) in [5, 5.41) is 10.7. The SMILES string of the molecule is CCSC[C@]1(O)CC[C@]2(CCN(c3ccc(OCC(F)(F)F)cc3)C2=O)CC1. The van der Waals surface area contributed by atoms with Gasteiger partial charge in [0.25, 0.3) is 0 Å². The molecule has 2 fully saturated rings. The van der Waals surface area contributed by atoms with Gasteiger partial charge in [-0.1, -0.05) is 6.92 Å². The molecule has 4 nitrogen and oxygen atoms in total. The van der Waals surface area contributed by atoms with Gasteiger partial charge in [0.15, 0.2) is 6.61 Å². The van der Waals surface area contributed by atoms with Crippen molar-refractivity contribution in [2.45, 2.75) is 50.8 Å². The van der Waals surface area contributed by atoms with Crippen LogP contribution in [0.3, 0.4) is 0 Å². The summed E-state index contributed by atoms with van der Waals surface area (Å²) in [6.45, 7) is 1.32. The largest absolute Gasteiger partial charge is 0.484 e. The Balaban J connectivity index is 1.61. The van der Waals surface area contributed by atoms with Crippen molar-refractivity contribution in [3.05, 3.63) is 24.3 Å². The summed E-state index contributed by atoms with van der Waals surface area (Å²) in [6, 6.07) is 6.17. The van der Waals surface area contributed by atoms with Crippen molar-refractivity contribution in [1.82, 2.24) is 0 Å². The summed E-state index contributed by atoms with van der Waals surface area (Å²) in [6.07, 6.45) is -1.02. The molecule has 28 heavy (non-hydrogen) atoms. The summed E-state index contributed by atoms with van der Waals surface area (Å²) >= 11 is 1.72. The van der Waals surface area contributed by atoms with Crippen LogP contribution in [0.4, 0.5) is 18.9 Å². The second kappa shape index (κ2) is 8.14. The summed E-state index contributed by atoms with van der Waals surface area (Å²) in [7, 11) is 0. The third-order valence-electron chi connectivity index (χ3n) is 5.78. The van der Waals surface area contributed by atoms with Crippen LogP contribution in [0.15, 0.2) is 24.3 Å². The lowest BCUT2D eigenvalue weighted by Crippen LogP contribution is -2.44. The summed E-state index contributed by atoms with van der Waals surface area (Å²) in [5.74, 6) is 1.85. The molecule has 1 aliphatic carbocycles. The number of hydrogen-bond donors (Lipinski definition) is 1. The number of amides is 1. The molecule has 0 atom stereocenters. The van der Waals surface area contributed by atoms with E-state index in [1.54, 1.807) is 28.8 Å². The lowest BCUT2D eigenvalue weighted by molar-refractivity contribution is -0.153. The van der Waals surface area contributed by atoms with Gasteiger partial charge < -0.3 is 14.7 Å². The number of thioether (sulfide) groups is 1. The lowest BCUT2D eigenvalue weighted by atomic mass is 9.68. The van der Waals surface area contributed by atoms with Crippen LogP contribution in [-0.2, 0) is 4.79 Å². The molecule has 1 spiro atoms. The quantitative estimate of drug-likeness (QED) is 0.745. The van der Waals surface area contributed by atoms with E-state index in [4.69, 9.17) is 4.74 Å². The van der Waals surface area contributed by atoms with Gasteiger partial charge in [0.1, 0.15) is 5.75 Å². The van der Waals surface area contributed by atoms with Crippen molar-refractivity contribution in [1.29, 1.82) is 0 Å². The molecule has 0 radical (unpaired) electrons. The number of benzene rings is 1. The standard InChI is InChI=1S/C20H26F3NO3S/c1-2-28-14-19(26)9-7-18(8-10-19)11-12-24(17(18)25)15-3-5-16(6-4-15)27-13-20(21,22)23/h3-6,26H,2,7-14H2,1H3/t18-,19+. The highest BCUT2D eigenvalue weighted by Crippen LogP contribution is 2.49. The van der Waals surface area contributed by atoms with Gasteiger partial charge in [-0.05, 0) is 62.1 Å². The fraction of sp³-hybridized carbons (Fsp3) is 0.650. The minimum absolute atomic E-state index is 0.0571. The fourth-order valence-electron chi connectivity index (χ4n) is 4.05. The number of aliphatic hydroxyl groups is 1. The van der Waals surface area contributed by atoms with Gasteiger partial charge in [-0.2, -0.15) is 24.9 Å². The Morgan fingerprint density at radius 2 is 1.79 bits per heavy atom. The van der Waals surface area contributed by atoms with E-state index in [2.05, 4.69) is 6.92 Å². The predicted octanol–water partition coefficient (Wildman–Crippen LogP) is 4.41. The van der Waals surface area contributed by atoms with Crippen LogP contribution in [0.25, 0.3) is 0 Å². The topological polar surface area (TPSA) is 49.8 Å². The highest BCUT2D eigenvalue weighted by Gasteiger charge is 2.51. The molecule has 1 aliphatic heterocycles. The highest BCUT2D eigenvalue weighted by atomic mass is 32.2. The number of anilines is 1. The smallest absolute Gasteiger partial charge is 0.422 e. The second-order valence-corrected chi connectivity index (χ2v) is 9.02. The molecule has 1 saturated heterocycles. The fourth-order valence-corrected chi connectivity index (χ4v) is 4.92. The van der Waals surface area contributed by atoms with Crippen LogP contribution >= 0.6 is 11.8 Å². The zero-order valence-corrected chi connectivity index (χ0v) is 16.7. The van der Waals surface area contributed by atoms with E-state index < -0.39 is 23.8 Å². The molecule has 1 saturated carbocycles. The molecule has 1 amide bonds. The molecule has 1 heterocycles. The molecule has 1 aromatic rings. The molecule has 1 aromatic carbocycles. The van der Waals surface area contributed by atoms with Crippen molar-refractivity contribution < 1.29 is 27.8 Å². The van der Waals surface area contributed by atoms with Gasteiger partial charge in [0.2, 0.25) is 5.91 Å². The Morgan fingerprint density at radius 3 is 2.36 bits per heavy atom. The number of ether oxygens (including phenoxy) is 1. The molecular weight excluding hydrogens is 391 g/mol. The Kier molecular flexibility index (Phi) is 6.20. The van der Waals surface area contributed by atoms with Gasteiger partial charge in [-0.15, -0.1) is 0 Å². The first kappa shape index (κ1) is 21.3. The summed E-state index contributed by atoms with van der Waals surface area (Å²) in [5.41, 5.74) is -0.435. The first-order valence-electron chi connectivity index (χ1n) is 9.58. The molecule has 0 aromatic heterocycles. The highest BCUT2D eigenvalue weighted by molar-refractivity contribution is 7.99. The first-order chi connectivity index (χ1) is 13.2. The Bertz CT molecular complexity index is 685. The van der Waals surface area contributed by atoms with E-state index in [-0.39, 0.29) is 11.7 Å². The maximum Gasteiger partial charge on any atom is 0.422 e. The summed E-state index contributed by atoms with van der Waals surface area (Å²) < 4.78 is 41.5. The van der Waals surface area contributed by atoms with Crippen LogP contribution < -0.4 is 9.64 Å². The van der Waals surface area contributed by atoms with Gasteiger partial charge in [-0.3, -0.25) is 4.79 Å². The van der Waals surface area contributed by atoms with Crippen LogP contribution in [0.1, 0.15) is 39.0 Å². The molecule has 2 aliphatic rings. The minimum atomic E-state index is -4.38. The third-order valence-corrected chi connectivity index (χ3v) is 6.93. The molecule has 3 rings (SSSR count). The van der Waals surface area contributed by atoms with Crippen LogP contribution in [0.2, 0.25) is 0 Å². The van der Waals surface area contributed by atoms with Crippen LogP contribution in [0, 0.1) is 5.41 Å². The Hall–Kier alpha value is -1.41. The maximum atomic E-state index is 13.1. The second-order valence-electron chi connectivity index (χ2n) is 7.75. The molecule has 8 heteroatoms. The first-order valence-corrected chi connectivity index (χ1v) is 10.7. The monoisotopic (exact) mass is 417 g/mol. The molecule has 0 bridgehead atoms. The van der Waals surface area contributed by atoms with Crippen LogP contribution in [-0.4, -0.2) is 47.4 Å². The average molecular weight is 417 g/mol. The van der Waals surface area contributed by atoms with E-state index >= 15 is 0 Å². The lowest BCUT2D eigenvalue weighted by Gasteiger charge is -2.40. The van der Waals surface area contributed by atoms with Gasteiger partial charge in [0, 0.05) is 18.0 Å². The normalized spacial score (nSPS) is 28.2. The number of hydrogen-bond acceptors (Lipinski definition) is 4. The van der Waals surface area contributed by atoms with Crippen molar-refractivity contribution in [2.24, 2.45) is 5.41 Å². The number of carbonyl (C=O) groups is 1. The van der Waals surface area contributed by atoms with Gasteiger partial charge in [-0.25, -0.2) is 0 Å². The average Bonchev–Trinajstić information content (AvgIpc) is 2.98. The van der Waals surface area contributed by atoms with Gasteiger partial charge in [0.05, 0.1) is 11.0 Å². The minimum Gasteiger partial charge on any atom is -0.484 e. The van der Waals surface area contributed by atoms with E-state index in [0.29, 0.717) is 43.7 Å². The molecular formula is C20H26F3NO3S. The number of nitrogens with zero attached hydrogens (tertiary/aromatic N) is 1. The third kappa shape index (κ3) is 4.76. The summed E-state index contributed by atoms with van der Waals surface area (Å²) in [4.78, 5) is 14.8. The Labute approximate surface area is 167 Å². The van der Waals surface area contributed by atoms with E-state index in [0.717, 1.165) is 12.2 Å². The van der Waals surface area contributed by atoms with E-state index in [1.807, 2.05) is 0 Å². The molecule has 1 N–H and O–H groups in total.